The van der Waals surface area contributed by atoms with Crippen molar-refractivity contribution < 1.29 is 0 Å². The highest BCUT2D eigenvalue weighted by Crippen LogP contribution is 2.27. The fraction of sp³-hybridized carbons (Fsp3) is 0.190. The third-order valence-electron chi connectivity index (χ3n) is 5.19. The Morgan fingerprint density at radius 1 is 0.960 bits per heavy atom. The summed E-state index contributed by atoms with van der Waals surface area (Å²) in [6.45, 7) is 2.51. The minimum Gasteiger partial charge on any atom is -0.357 e. The van der Waals surface area contributed by atoms with Crippen molar-refractivity contribution in [3.05, 3.63) is 81.8 Å². The smallest absolute Gasteiger partial charge is 0.252 e. The first kappa shape index (κ1) is 14.5. The lowest BCUT2D eigenvalue weighted by Crippen LogP contribution is -2.32. The van der Waals surface area contributed by atoms with E-state index in [2.05, 4.69) is 39.1 Å². The monoisotopic (exact) mass is 329 g/mol. The normalized spacial score (nSPS) is 14.9. The number of hydrogen-bond donors (Lipinski definition) is 2. The molecular weight excluding hydrogens is 310 g/mol. The number of aromatic nitrogens is 2. The lowest BCUT2D eigenvalue weighted by molar-refractivity contribution is 0.242. The van der Waals surface area contributed by atoms with Crippen LogP contribution in [-0.4, -0.2) is 21.4 Å². The van der Waals surface area contributed by atoms with E-state index in [9.17, 15) is 4.79 Å². The summed E-state index contributed by atoms with van der Waals surface area (Å²) in [6.07, 6.45) is 1.02. The number of rotatable bonds is 2. The van der Waals surface area contributed by atoms with Gasteiger partial charge in [-0.05, 0) is 35.6 Å². The van der Waals surface area contributed by atoms with Crippen LogP contribution in [0.4, 0.5) is 0 Å². The summed E-state index contributed by atoms with van der Waals surface area (Å²) in [7, 11) is 0. The van der Waals surface area contributed by atoms with Crippen LogP contribution in [0, 0.1) is 0 Å². The molecule has 4 nitrogen and oxygen atoms in total. The van der Waals surface area contributed by atoms with Crippen molar-refractivity contribution in [3.8, 4) is 0 Å². The molecule has 124 valence electrons. The molecule has 0 aliphatic carbocycles. The standard InChI is InChI=1S/C21H19N3O/c25-21-15(11-14-5-1-3-7-18(14)23-21)12-24-10-9-17-16-6-2-4-8-19(16)22-20(17)13-24/h1-8,11,22H,9-10,12-13H2,(H,23,25). The molecule has 2 aromatic carbocycles. The van der Waals surface area contributed by atoms with Gasteiger partial charge in [-0.3, -0.25) is 9.69 Å². The SMILES string of the molecule is O=c1[nH]c2ccccc2cc1CN1CCc2c([nH]c3ccccc23)C1. The summed E-state index contributed by atoms with van der Waals surface area (Å²) in [5.74, 6) is 0. The van der Waals surface area contributed by atoms with Crippen molar-refractivity contribution in [3.63, 3.8) is 0 Å². The molecule has 0 unspecified atom stereocenters. The fourth-order valence-corrected chi connectivity index (χ4v) is 3.93. The Morgan fingerprint density at radius 3 is 2.68 bits per heavy atom. The second kappa shape index (κ2) is 5.60. The maximum absolute atomic E-state index is 12.4. The van der Waals surface area contributed by atoms with Gasteiger partial charge in [0, 0.05) is 47.3 Å². The average molecular weight is 329 g/mol. The maximum Gasteiger partial charge on any atom is 0.252 e. The Morgan fingerprint density at radius 2 is 1.76 bits per heavy atom. The highest BCUT2D eigenvalue weighted by Gasteiger charge is 2.21. The van der Waals surface area contributed by atoms with E-state index in [0.717, 1.165) is 36.0 Å². The summed E-state index contributed by atoms with van der Waals surface area (Å²) in [6, 6.07) is 18.4. The highest BCUT2D eigenvalue weighted by molar-refractivity contribution is 5.84. The van der Waals surface area contributed by atoms with E-state index >= 15 is 0 Å². The predicted octanol–water partition coefficient (Wildman–Crippen LogP) is 3.57. The molecule has 25 heavy (non-hydrogen) atoms. The molecule has 0 atom stereocenters. The summed E-state index contributed by atoms with van der Waals surface area (Å²) < 4.78 is 0. The molecule has 0 saturated heterocycles. The van der Waals surface area contributed by atoms with Crippen LogP contribution in [0.3, 0.4) is 0 Å². The summed E-state index contributed by atoms with van der Waals surface area (Å²) in [5, 5.41) is 2.42. The molecule has 0 saturated carbocycles. The van der Waals surface area contributed by atoms with Crippen LogP contribution >= 0.6 is 0 Å². The number of para-hydroxylation sites is 2. The van der Waals surface area contributed by atoms with Crippen molar-refractivity contribution in [1.82, 2.24) is 14.9 Å². The molecule has 2 aromatic heterocycles. The van der Waals surface area contributed by atoms with Crippen molar-refractivity contribution >= 4 is 21.8 Å². The molecule has 3 heterocycles. The van der Waals surface area contributed by atoms with Gasteiger partial charge >= 0.3 is 0 Å². The quantitative estimate of drug-likeness (QED) is 0.591. The van der Waals surface area contributed by atoms with Gasteiger partial charge in [0.05, 0.1) is 0 Å². The third-order valence-corrected chi connectivity index (χ3v) is 5.19. The van der Waals surface area contributed by atoms with Crippen molar-refractivity contribution in [2.75, 3.05) is 6.54 Å². The van der Waals surface area contributed by atoms with Crippen molar-refractivity contribution in [2.24, 2.45) is 0 Å². The van der Waals surface area contributed by atoms with E-state index in [1.807, 2.05) is 30.3 Å². The summed E-state index contributed by atoms with van der Waals surface area (Å²) >= 11 is 0. The first-order valence-corrected chi connectivity index (χ1v) is 8.70. The molecular formula is C21H19N3O. The van der Waals surface area contributed by atoms with Crippen LogP contribution in [0.15, 0.2) is 59.4 Å². The minimum absolute atomic E-state index is 0.0149. The van der Waals surface area contributed by atoms with Crippen molar-refractivity contribution in [2.45, 2.75) is 19.5 Å². The van der Waals surface area contributed by atoms with Gasteiger partial charge in [-0.25, -0.2) is 0 Å². The Kier molecular flexibility index (Phi) is 3.25. The molecule has 0 amide bonds. The van der Waals surface area contributed by atoms with Crippen LogP contribution in [0.25, 0.3) is 21.8 Å². The van der Waals surface area contributed by atoms with E-state index < -0.39 is 0 Å². The summed E-state index contributed by atoms with van der Waals surface area (Å²) in [5.41, 5.74) is 5.66. The molecule has 0 spiro atoms. The third kappa shape index (κ3) is 2.46. The molecule has 5 rings (SSSR count). The fourth-order valence-electron chi connectivity index (χ4n) is 3.93. The molecule has 0 bridgehead atoms. The number of pyridine rings is 1. The van der Waals surface area contributed by atoms with Gasteiger partial charge in [-0.2, -0.15) is 0 Å². The van der Waals surface area contributed by atoms with Gasteiger partial charge in [0.25, 0.3) is 5.56 Å². The van der Waals surface area contributed by atoms with Crippen LogP contribution in [0.5, 0.6) is 0 Å². The van der Waals surface area contributed by atoms with Crippen molar-refractivity contribution in [1.29, 1.82) is 0 Å². The van der Waals surface area contributed by atoms with Gasteiger partial charge < -0.3 is 9.97 Å². The Bertz CT molecular complexity index is 1140. The zero-order valence-corrected chi connectivity index (χ0v) is 13.9. The Hall–Kier alpha value is -2.85. The topological polar surface area (TPSA) is 51.9 Å². The Labute approximate surface area is 145 Å². The van der Waals surface area contributed by atoms with Crippen LogP contribution < -0.4 is 5.56 Å². The summed E-state index contributed by atoms with van der Waals surface area (Å²) in [4.78, 5) is 21.3. The zero-order chi connectivity index (χ0) is 16.8. The number of benzene rings is 2. The van der Waals surface area contributed by atoms with E-state index in [1.54, 1.807) is 0 Å². The van der Waals surface area contributed by atoms with Crippen LogP contribution in [0.2, 0.25) is 0 Å². The number of fused-ring (bicyclic) bond motifs is 4. The number of nitrogens with one attached hydrogen (secondary N) is 2. The lowest BCUT2D eigenvalue weighted by Gasteiger charge is -2.26. The van der Waals surface area contributed by atoms with E-state index in [-0.39, 0.29) is 5.56 Å². The molecule has 4 heteroatoms. The van der Waals surface area contributed by atoms with Gasteiger partial charge in [-0.1, -0.05) is 36.4 Å². The van der Waals surface area contributed by atoms with E-state index in [0.29, 0.717) is 6.54 Å². The van der Waals surface area contributed by atoms with Gasteiger partial charge in [0.15, 0.2) is 0 Å². The highest BCUT2D eigenvalue weighted by atomic mass is 16.1. The van der Waals surface area contributed by atoms with E-state index in [4.69, 9.17) is 0 Å². The molecule has 2 N–H and O–H groups in total. The largest absolute Gasteiger partial charge is 0.357 e. The number of nitrogens with zero attached hydrogens (tertiary/aromatic N) is 1. The first-order chi connectivity index (χ1) is 12.3. The van der Waals surface area contributed by atoms with E-state index in [1.165, 1.54) is 22.2 Å². The Balaban J connectivity index is 1.46. The molecule has 0 radical (unpaired) electrons. The predicted molar refractivity (Wildman–Crippen MR) is 101 cm³/mol. The first-order valence-electron chi connectivity index (χ1n) is 8.70. The molecule has 0 fully saturated rings. The zero-order valence-electron chi connectivity index (χ0n) is 13.9. The molecule has 4 aromatic rings. The average Bonchev–Trinajstić information content (AvgIpc) is 3.00. The minimum atomic E-state index is 0.0149. The second-order valence-corrected chi connectivity index (χ2v) is 6.80. The molecule has 1 aliphatic heterocycles. The van der Waals surface area contributed by atoms with Gasteiger partial charge in [0.2, 0.25) is 0 Å². The molecule has 1 aliphatic rings. The van der Waals surface area contributed by atoms with Gasteiger partial charge in [-0.15, -0.1) is 0 Å². The number of hydrogen-bond acceptors (Lipinski definition) is 2. The number of aromatic amines is 2. The van der Waals surface area contributed by atoms with Crippen LogP contribution in [-0.2, 0) is 19.5 Å². The van der Waals surface area contributed by atoms with Crippen LogP contribution in [0.1, 0.15) is 16.8 Å². The second-order valence-electron chi connectivity index (χ2n) is 6.80. The van der Waals surface area contributed by atoms with Gasteiger partial charge in [0.1, 0.15) is 0 Å². The maximum atomic E-state index is 12.4. The lowest BCUT2D eigenvalue weighted by atomic mass is 10.0. The number of H-pyrrole nitrogens is 2.